The molecule has 1 aromatic carbocycles. The van der Waals surface area contributed by atoms with Gasteiger partial charge in [-0.15, -0.1) is 0 Å². The largest absolute Gasteiger partial charge is 0.341 e. The van der Waals surface area contributed by atoms with Crippen molar-refractivity contribution in [2.75, 3.05) is 7.05 Å². The SMILES string of the molecule is CNC(=O)NCc1ccc(C(C)C)cc1. The fraction of sp³-hybridized carbons (Fsp3) is 0.417. The lowest BCUT2D eigenvalue weighted by Crippen LogP contribution is -2.32. The highest BCUT2D eigenvalue weighted by atomic mass is 16.2. The highest BCUT2D eigenvalue weighted by Gasteiger charge is 2.00. The Balaban J connectivity index is 2.53. The van der Waals surface area contributed by atoms with Crippen LogP contribution in [0.3, 0.4) is 0 Å². The lowest BCUT2D eigenvalue weighted by atomic mass is 10.0. The molecular weight excluding hydrogens is 188 g/mol. The van der Waals surface area contributed by atoms with E-state index in [1.807, 2.05) is 12.1 Å². The van der Waals surface area contributed by atoms with Crippen LogP contribution < -0.4 is 10.6 Å². The Labute approximate surface area is 90.9 Å². The molecule has 82 valence electrons. The van der Waals surface area contributed by atoms with Gasteiger partial charge in [0, 0.05) is 13.6 Å². The topological polar surface area (TPSA) is 41.1 Å². The summed E-state index contributed by atoms with van der Waals surface area (Å²) in [6.45, 7) is 4.90. The molecule has 0 unspecified atom stereocenters. The molecule has 0 saturated heterocycles. The normalized spacial score (nSPS) is 10.1. The molecule has 0 aliphatic rings. The summed E-state index contributed by atoms with van der Waals surface area (Å²) in [5.41, 5.74) is 2.43. The second kappa shape index (κ2) is 5.39. The van der Waals surface area contributed by atoms with E-state index in [4.69, 9.17) is 0 Å². The molecule has 1 aromatic rings. The number of benzene rings is 1. The third-order valence-corrected chi connectivity index (χ3v) is 2.33. The smallest absolute Gasteiger partial charge is 0.314 e. The van der Waals surface area contributed by atoms with Crippen LogP contribution in [0.1, 0.15) is 30.9 Å². The molecule has 0 aromatic heterocycles. The number of carbonyl (C=O) groups is 1. The van der Waals surface area contributed by atoms with Crippen molar-refractivity contribution in [2.24, 2.45) is 0 Å². The zero-order valence-electron chi connectivity index (χ0n) is 9.50. The van der Waals surface area contributed by atoms with E-state index in [1.54, 1.807) is 7.05 Å². The van der Waals surface area contributed by atoms with Crippen LogP contribution >= 0.6 is 0 Å². The number of rotatable bonds is 3. The van der Waals surface area contributed by atoms with Crippen LogP contribution in [0.5, 0.6) is 0 Å². The molecule has 2 amide bonds. The molecule has 0 fully saturated rings. The van der Waals surface area contributed by atoms with Gasteiger partial charge in [-0.1, -0.05) is 38.1 Å². The van der Waals surface area contributed by atoms with Gasteiger partial charge in [0.15, 0.2) is 0 Å². The van der Waals surface area contributed by atoms with Crippen molar-refractivity contribution < 1.29 is 4.79 Å². The number of amides is 2. The molecule has 3 heteroatoms. The van der Waals surface area contributed by atoms with Crippen molar-refractivity contribution >= 4 is 6.03 Å². The fourth-order valence-electron chi connectivity index (χ4n) is 1.29. The van der Waals surface area contributed by atoms with Gasteiger partial charge in [-0.2, -0.15) is 0 Å². The predicted octanol–water partition coefficient (Wildman–Crippen LogP) is 2.24. The molecule has 0 heterocycles. The van der Waals surface area contributed by atoms with E-state index in [0.717, 1.165) is 5.56 Å². The van der Waals surface area contributed by atoms with Crippen molar-refractivity contribution in [2.45, 2.75) is 26.3 Å². The average Bonchev–Trinajstić information content (AvgIpc) is 2.26. The quantitative estimate of drug-likeness (QED) is 0.782. The first-order chi connectivity index (χ1) is 7.13. The van der Waals surface area contributed by atoms with E-state index in [9.17, 15) is 4.79 Å². The number of carbonyl (C=O) groups excluding carboxylic acids is 1. The fourth-order valence-corrected chi connectivity index (χ4v) is 1.29. The maximum Gasteiger partial charge on any atom is 0.314 e. The first kappa shape index (κ1) is 11.6. The van der Waals surface area contributed by atoms with Gasteiger partial charge >= 0.3 is 6.03 Å². The van der Waals surface area contributed by atoms with Crippen LogP contribution in [0.2, 0.25) is 0 Å². The zero-order valence-corrected chi connectivity index (χ0v) is 9.50. The third kappa shape index (κ3) is 3.62. The van der Waals surface area contributed by atoms with E-state index in [-0.39, 0.29) is 6.03 Å². The van der Waals surface area contributed by atoms with Crippen molar-refractivity contribution in [1.82, 2.24) is 10.6 Å². The Morgan fingerprint density at radius 1 is 1.27 bits per heavy atom. The Morgan fingerprint density at radius 2 is 1.87 bits per heavy atom. The molecule has 0 radical (unpaired) electrons. The predicted molar refractivity (Wildman–Crippen MR) is 61.8 cm³/mol. The van der Waals surface area contributed by atoms with Crippen molar-refractivity contribution in [3.8, 4) is 0 Å². The maximum absolute atomic E-state index is 10.9. The molecule has 2 N–H and O–H groups in total. The van der Waals surface area contributed by atoms with Crippen molar-refractivity contribution in [1.29, 1.82) is 0 Å². The summed E-state index contributed by atoms with van der Waals surface area (Å²) in [7, 11) is 1.61. The summed E-state index contributed by atoms with van der Waals surface area (Å²) in [4.78, 5) is 10.9. The van der Waals surface area contributed by atoms with Crippen LogP contribution in [-0.4, -0.2) is 13.1 Å². The summed E-state index contributed by atoms with van der Waals surface area (Å²) in [5, 5.41) is 5.26. The summed E-state index contributed by atoms with van der Waals surface area (Å²) in [6, 6.07) is 8.15. The number of hydrogen-bond donors (Lipinski definition) is 2. The Hall–Kier alpha value is -1.51. The third-order valence-electron chi connectivity index (χ3n) is 2.33. The molecular formula is C12H18N2O. The summed E-state index contributed by atoms with van der Waals surface area (Å²) >= 11 is 0. The summed E-state index contributed by atoms with van der Waals surface area (Å²) in [5.74, 6) is 0.547. The second-order valence-electron chi connectivity index (χ2n) is 3.83. The first-order valence-electron chi connectivity index (χ1n) is 5.18. The van der Waals surface area contributed by atoms with Crippen LogP contribution in [0, 0.1) is 0 Å². The average molecular weight is 206 g/mol. The van der Waals surface area contributed by atoms with E-state index in [0.29, 0.717) is 12.5 Å². The van der Waals surface area contributed by atoms with Crippen molar-refractivity contribution in [3.05, 3.63) is 35.4 Å². The van der Waals surface area contributed by atoms with Crippen LogP contribution in [0.15, 0.2) is 24.3 Å². The van der Waals surface area contributed by atoms with Gasteiger partial charge in [0.1, 0.15) is 0 Å². The highest BCUT2D eigenvalue weighted by Crippen LogP contribution is 2.14. The van der Waals surface area contributed by atoms with Gasteiger partial charge in [0.2, 0.25) is 0 Å². The zero-order chi connectivity index (χ0) is 11.3. The minimum absolute atomic E-state index is 0.150. The molecule has 0 aliphatic heterocycles. The van der Waals surface area contributed by atoms with Crippen molar-refractivity contribution in [3.63, 3.8) is 0 Å². The molecule has 3 nitrogen and oxygen atoms in total. The van der Waals surface area contributed by atoms with Gasteiger partial charge in [0.25, 0.3) is 0 Å². The molecule has 0 atom stereocenters. The van der Waals surface area contributed by atoms with Crippen LogP contribution in [0.4, 0.5) is 4.79 Å². The summed E-state index contributed by atoms with van der Waals surface area (Å²) in [6.07, 6.45) is 0. The van der Waals surface area contributed by atoms with Gasteiger partial charge in [-0.05, 0) is 17.0 Å². The molecule has 0 aliphatic carbocycles. The monoisotopic (exact) mass is 206 g/mol. The van der Waals surface area contributed by atoms with Gasteiger partial charge in [-0.25, -0.2) is 4.79 Å². The highest BCUT2D eigenvalue weighted by molar-refractivity contribution is 5.73. The van der Waals surface area contributed by atoms with E-state index in [2.05, 4.69) is 36.6 Å². The Kier molecular flexibility index (Phi) is 4.16. The minimum Gasteiger partial charge on any atom is -0.341 e. The minimum atomic E-state index is -0.150. The maximum atomic E-state index is 10.9. The number of nitrogens with one attached hydrogen (secondary N) is 2. The van der Waals surface area contributed by atoms with Crippen LogP contribution in [-0.2, 0) is 6.54 Å². The van der Waals surface area contributed by atoms with Gasteiger partial charge < -0.3 is 10.6 Å². The van der Waals surface area contributed by atoms with E-state index in [1.165, 1.54) is 5.56 Å². The molecule has 1 rings (SSSR count). The Morgan fingerprint density at radius 3 is 2.33 bits per heavy atom. The molecule has 0 saturated carbocycles. The molecule has 15 heavy (non-hydrogen) atoms. The lowest BCUT2D eigenvalue weighted by molar-refractivity contribution is 0.242. The standard InChI is InChI=1S/C12H18N2O/c1-9(2)11-6-4-10(5-7-11)8-14-12(15)13-3/h4-7,9H,8H2,1-3H3,(H2,13,14,15). The van der Waals surface area contributed by atoms with E-state index < -0.39 is 0 Å². The summed E-state index contributed by atoms with van der Waals surface area (Å²) < 4.78 is 0. The second-order valence-corrected chi connectivity index (χ2v) is 3.83. The molecule has 0 spiro atoms. The van der Waals surface area contributed by atoms with Gasteiger partial charge in [0.05, 0.1) is 0 Å². The lowest BCUT2D eigenvalue weighted by Gasteiger charge is -2.07. The Bertz CT molecular complexity index is 317. The molecule has 0 bridgehead atoms. The van der Waals surface area contributed by atoms with E-state index >= 15 is 0 Å². The first-order valence-corrected chi connectivity index (χ1v) is 5.18. The number of urea groups is 1. The number of hydrogen-bond acceptors (Lipinski definition) is 1. The van der Waals surface area contributed by atoms with Crippen LogP contribution in [0.25, 0.3) is 0 Å². The van der Waals surface area contributed by atoms with Gasteiger partial charge in [-0.3, -0.25) is 0 Å².